The summed E-state index contributed by atoms with van der Waals surface area (Å²) < 4.78 is 24.0. The van der Waals surface area contributed by atoms with E-state index in [1.807, 2.05) is 0 Å². The molecular weight excluding hydrogens is 297 g/mol. The number of sulfone groups is 1. The molecule has 0 N–H and O–H groups in total. The Morgan fingerprint density at radius 2 is 2.11 bits per heavy atom. The second kappa shape index (κ2) is 4.87. The van der Waals surface area contributed by atoms with Gasteiger partial charge >= 0.3 is 0 Å². The number of pyridine rings is 1. The van der Waals surface area contributed by atoms with Crippen LogP contribution in [-0.4, -0.2) is 29.4 Å². The molecule has 0 bridgehead atoms. The zero-order valence-corrected chi connectivity index (χ0v) is 11.7. The molecule has 2 aromatic rings. The average molecular weight is 306 g/mol. The third-order valence-electron chi connectivity index (χ3n) is 2.29. The van der Waals surface area contributed by atoms with Gasteiger partial charge in [0.25, 0.3) is 0 Å². The fourth-order valence-electron chi connectivity index (χ4n) is 1.32. The monoisotopic (exact) mass is 305 g/mol. The van der Waals surface area contributed by atoms with Crippen LogP contribution < -0.4 is 0 Å². The topological polar surface area (TPSA) is 64.8 Å². The van der Waals surface area contributed by atoms with E-state index >= 15 is 0 Å². The van der Waals surface area contributed by atoms with Crippen molar-refractivity contribution >= 4 is 33.0 Å². The number of halogens is 2. The van der Waals surface area contributed by atoms with Crippen LogP contribution in [0.1, 0.15) is 5.56 Å². The molecule has 0 aromatic carbocycles. The van der Waals surface area contributed by atoms with Crippen molar-refractivity contribution in [3.8, 4) is 5.82 Å². The van der Waals surface area contributed by atoms with E-state index in [0.29, 0.717) is 16.4 Å². The summed E-state index contributed by atoms with van der Waals surface area (Å²) in [4.78, 5) is 4.20. The summed E-state index contributed by atoms with van der Waals surface area (Å²) in [6, 6.07) is 1.66. The molecule has 0 aliphatic heterocycles. The van der Waals surface area contributed by atoms with E-state index in [1.165, 1.54) is 23.3 Å². The lowest BCUT2D eigenvalue weighted by atomic mass is 10.3. The minimum atomic E-state index is -3.28. The van der Waals surface area contributed by atoms with Gasteiger partial charge in [-0.15, -0.1) is 11.6 Å². The van der Waals surface area contributed by atoms with Gasteiger partial charge < -0.3 is 0 Å². The number of hydrogen-bond acceptors (Lipinski definition) is 4. The van der Waals surface area contributed by atoms with Crippen molar-refractivity contribution in [3.63, 3.8) is 0 Å². The SMILES string of the molecule is CS(=O)(=O)c1cnn(-c2cc(CCl)c(Cl)cn2)c1. The molecule has 0 spiro atoms. The number of aromatic nitrogens is 3. The van der Waals surface area contributed by atoms with E-state index in [1.54, 1.807) is 6.07 Å². The highest BCUT2D eigenvalue weighted by molar-refractivity contribution is 7.90. The van der Waals surface area contributed by atoms with Gasteiger partial charge in [0.15, 0.2) is 15.7 Å². The Labute approximate surface area is 114 Å². The molecule has 2 rings (SSSR count). The lowest BCUT2D eigenvalue weighted by molar-refractivity contribution is 0.602. The molecule has 0 unspecified atom stereocenters. The third kappa shape index (κ3) is 2.66. The zero-order chi connectivity index (χ0) is 13.3. The van der Waals surface area contributed by atoms with Gasteiger partial charge in [-0.05, 0) is 11.6 Å². The van der Waals surface area contributed by atoms with Crippen molar-refractivity contribution in [2.24, 2.45) is 0 Å². The van der Waals surface area contributed by atoms with Crippen LogP contribution in [0.4, 0.5) is 0 Å². The predicted molar refractivity (Wildman–Crippen MR) is 69.0 cm³/mol. The first-order chi connectivity index (χ1) is 8.41. The molecule has 2 aromatic heterocycles. The van der Waals surface area contributed by atoms with Gasteiger partial charge in [0.1, 0.15) is 4.90 Å². The second-order valence-corrected chi connectivity index (χ2v) is 6.35. The molecule has 5 nitrogen and oxygen atoms in total. The van der Waals surface area contributed by atoms with Gasteiger partial charge in [0.2, 0.25) is 0 Å². The molecule has 0 amide bonds. The molecular formula is C10H9Cl2N3O2S. The summed E-state index contributed by atoms with van der Waals surface area (Å²) in [7, 11) is -3.28. The predicted octanol–water partition coefficient (Wildman–Crippen LogP) is 2.06. The minimum absolute atomic E-state index is 0.131. The molecule has 0 fully saturated rings. The Morgan fingerprint density at radius 3 is 2.67 bits per heavy atom. The summed E-state index contributed by atoms with van der Waals surface area (Å²) in [6.07, 6.45) is 5.24. The highest BCUT2D eigenvalue weighted by Gasteiger charge is 2.12. The van der Waals surface area contributed by atoms with Gasteiger partial charge in [0.05, 0.1) is 17.4 Å². The van der Waals surface area contributed by atoms with Crippen molar-refractivity contribution in [3.05, 3.63) is 35.2 Å². The van der Waals surface area contributed by atoms with E-state index in [0.717, 1.165) is 6.26 Å². The Morgan fingerprint density at radius 1 is 1.39 bits per heavy atom. The van der Waals surface area contributed by atoms with Crippen molar-refractivity contribution < 1.29 is 8.42 Å². The Balaban J connectivity index is 2.46. The highest BCUT2D eigenvalue weighted by Crippen LogP contribution is 2.19. The second-order valence-electron chi connectivity index (χ2n) is 3.66. The third-order valence-corrected chi connectivity index (χ3v) is 3.98. The first-order valence-corrected chi connectivity index (χ1v) is 7.67. The Bertz CT molecular complexity index is 682. The zero-order valence-electron chi connectivity index (χ0n) is 9.34. The molecule has 0 aliphatic carbocycles. The van der Waals surface area contributed by atoms with Crippen molar-refractivity contribution in [2.45, 2.75) is 10.8 Å². The van der Waals surface area contributed by atoms with Gasteiger partial charge in [-0.25, -0.2) is 18.1 Å². The van der Waals surface area contributed by atoms with Crippen LogP contribution in [-0.2, 0) is 15.7 Å². The molecule has 18 heavy (non-hydrogen) atoms. The van der Waals surface area contributed by atoms with Crippen LogP contribution in [0.3, 0.4) is 0 Å². The molecule has 0 atom stereocenters. The lowest BCUT2D eigenvalue weighted by Gasteiger charge is -2.03. The average Bonchev–Trinajstić information content (AvgIpc) is 2.78. The maximum atomic E-state index is 11.3. The van der Waals surface area contributed by atoms with Crippen molar-refractivity contribution in [1.82, 2.24) is 14.8 Å². The van der Waals surface area contributed by atoms with Crippen LogP contribution in [0.5, 0.6) is 0 Å². The van der Waals surface area contributed by atoms with Gasteiger partial charge in [-0.2, -0.15) is 5.10 Å². The van der Waals surface area contributed by atoms with E-state index in [2.05, 4.69) is 10.1 Å². The number of alkyl halides is 1. The molecule has 0 radical (unpaired) electrons. The van der Waals surface area contributed by atoms with Gasteiger partial charge in [0, 0.05) is 18.3 Å². The van der Waals surface area contributed by atoms with Crippen LogP contribution >= 0.6 is 23.2 Å². The lowest BCUT2D eigenvalue weighted by Crippen LogP contribution is -1.99. The molecule has 96 valence electrons. The summed E-state index contributed by atoms with van der Waals surface area (Å²) in [5.74, 6) is 0.708. The van der Waals surface area contributed by atoms with Crippen LogP contribution in [0.2, 0.25) is 5.02 Å². The maximum Gasteiger partial charge on any atom is 0.178 e. The largest absolute Gasteiger partial charge is 0.236 e. The fourth-order valence-corrected chi connectivity index (χ4v) is 2.31. The normalized spacial score (nSPS) is 11.7. The first kappa shape index (κ1) is 13.3. The summed E-state index contributed by atoms with van der Waals surface area (Å²) >= 11 is 11.6. The van der Waals surface area contributed by atoms with Crippen LogP contribution in [0, 0.1) is 0 Å². The van der Waals surface area contributed by atoms with Crippen LogP contribution in [0.15, 0.2) is 29.6 Å². The van der Waals surface area contributed by atoms with E-state index in [9.17, 15) is 8.42 Å². The first-order valence-electron chi connectivity index (χ1n) is 4.87. The summed E-state index contributed by atoms with van der Waals surface area (Å²) in [6.45, 7) is 0. The molecule has 0 saturated carbocycles. The highest BCUT2D eigenvalue weighted by atomic mass is 35.5. The summed E-state index contributed by atoms with van der Waals surface area (Å²) in [5, 5.41) is 4.41. The number of rotatable bonds is 3. The molecule has 8 heteroatoms. The van der Waals surface area contributed by atoms with Crippen molar-refractivity contribution in [2.75, 3.05) is 6.26 Å². The smallest absolute Gasteiger partial charge is 0.178 e. The van der Waals surface area contributed by atoms with Crippen molar-refractivity contribution in [1.29, 1.82) is 0 Å². The molecule has 2 heterocycles. The fraction of sp³-hybridized carbons (Fsp3) is 0.200. The van der Waals surface area contributed by atoms with Crippen LogP contribution in [0.25, 0.3) is 5.82 Å². The maximum absolute atomic E-state index is 11.3. The van der Waals surface area contributed by atoms with Gasteiger partial charge in [-0.3, -0.25) is 0 Å². The van der Waals surface area contributed by atoms with E-state index in [-0.39, 0.29) is 10.8 Å². The quantitative estimate of drug-likeness (QED) is 0.814. The number of hydrogen-bond donors (Lipinski definition) is 0. The molecule has 0 aliphatic rings. The Hall–Kier alpha value is -1.11. The Kier molecular flexibility index (Phi) is 3.61. The van der Waals surface area contributed by atoms with E-state index in [4.69, 9.17) is 23.2 Å². The molecule has 0 saturated heterocycles. The summed E-state index contributed by atoms with van der Waals surface area (Å²) in [5.41, 5.74) is 0.708. The number of nitrogens with zero attached hydrogens (tertiary/aromatic N) is 3. The van der Waals surface area contributed by atoms with Gasteiger partial charge in [-0.1, -0.05) is 11.6 Å². The van der Waals surface area contributed by atoms with E-state index < -0.39 is 9.84 Å². The minimum Gasteiger partial charge on any atom is -0.236 e. The standard InChI is InChI=1S/C10H9Cl2N3O2S/c1-18(16,17)8-4-14-15(6-8)10-2-7(3-11)9(12)5-13-10/h2,4-6H,3H2,1H3.